The number of hydrogen-bond donors (Lipinski definition) is 0. The molecule has 4 heteroatoms. The van der Waals surface area contributed by atoms with Gasteiger partial charge >= 0.3 is 5.97 Å². The maximum absolute atomic E-state index is 10.8. The zero-order chi connectivity index (χ0) is 11.0. The van der Waals surface area contributed by atoms with E-state index in [1.807, 2.05) is 20.8 Å². The van der Waals surface area contributed by atoms with Crippen LogP contribution < -0.4 is 0 Å². The number of esters is 1. The highest BCUT2D eigenvalue weighted by Gasteiger charge is 2.09. The Labute approximate surface area is 83.9 Å². The summed E-state index contributed by atoms with van der Waals surface area (Å²) in [6.07, 6.45) is 2.68. The number of aldehydes is 1. The molecular weight excluding hydrogens is 184 g/mol. The molecule has 0 aromatic heterocycles. The molecule has 0 aromatic rings. The van der Waals surface area contributed by atoms with Crippen molar-refractivity contribution >= 4 is 12.3 Å². The molecule has 80 valence electrons. The van der Waals surface area contributed by atoms with Crippen LogP contribution in [-0.4, -0.2) is 31.1 Å². The van der Waals surface area contributed by atoms with E-state index in [4.69, 9.17) is 9.47 Å². The molecule has 0 atom stereocenters. The van der Waals surface area contributed by atoms with Crippen LogP contribution in [0.1, 0.15) is 20.8 Å². The van der Waals surface area contributed by atoms with Crippen LogP contribution in [0.15, 0.2) is 12.2 Å². The van der Waals surface area contributed by atoms with Crippen LogP contribution in [-0.2, 0) is 19.1 Å². The van der Waals surface area contributed by atoms with E-state index < -0.39 is 5.97 Å². The quantitative estimate of drug-likeness (QED) is 0.288. The van der Waals surface area contributed by atoms with Crippen molar-refractivity contribution in [3.05, 3.63) is 12.2 Å². The van der Waals surface area contributed by atoms with Gasteiger partial charge in [0.15, 0.2) is 0 Å². The van der Waals surface area contributed by atoms with Crippen LogP contribution >= 0.6 is 0 Å². The first-order valence-corrected chi connectivity index (χ1v) is 4.38. The standard InChI is InChI=1S/C10H16O4/c1-10(2,3)14-8-7-13-9(12)5-4-6-11/h4-6H,7-8H2,1-3H3/b5-4+. The smallest absolute Gasteiger partial charge is 0.330 e. The first kappa shape index (κ1) is 12.8. The summed E-state index contributed by atoms with van der Waals surface area (Å²) >= 11 is 0. The number of carbonyl (C=O) groups excluding carboxylic acids is 2. The largest absolute Gasteiger partial charge is 0.460 e. The highest BCUT2D eigenvalue weighted by Crippen LogP contribution is 2.05. The molecule has 0 N–H and O–H groups in total. The van der Waals surface area contributed by atoms with Gasteiger partial charge in [0.1, 0.15) is 12.9 Å². The second-order valence-electron chi connectivity index (χ2n) is 3.62. The van der Waals surface area contributed by atoms with Crippen LogP contribution in [0.3, 0.4) is 0 Å². The van der Waals surface area contributed by atoms with E-state index in [2.05, 4.69) is 0 Å². The average molecular weight is 200 g/mol. The Morgan fingerprint density at radius 3 is 2.43 bits per heavy atom. The molecule has 0 amide bonds. The molecule has 0 heterocycles. The number of hydrogen-bond acceptors (Lipinski definition) is 4. The Hall–Kier alpha value is -1.16. The Kier molecular flexibility index (Phi) is 5.79. The molecule has 0 aliphatic heterocycles. The van der Waals surface area contributed by atoms with Gasteiger partial charge in [0.05, 0.1) is 12.2 Å². The van der Waals surface area contributed by atoms with Gasteiger partial charge in [-0.15, -0.1) is 0 Å². The van der Waals surface area contributed by atoms with Crippen LogP contribution in [0, 0.1) is 0 Å². The lowest BCUT2D eigenvalue weighted by atomic mass is 10.2. The van der Waals surface area contributed by atoms with E-state index in [1.54, 1.807) is 0 Å². The second-order valence-corrected chi connectivity index (χ2v) is 3.62. The van der Waals surface area contributed by atoms with Crippen LogP contribution in [0.5, 0.6) is 0 Å². The van der Waals surface area contributed by atoms with Gasteiger partial charge in [-0.1, -0.05) is 0 Å². The molecule has 0 spiro atoms. The van der Waals surface area contributed by atoms with Crippen LogP contribution in [0.25, 0.3) is 0 Å². The molecule has 4 nitrogen and oxygen atoms in total. The Balaban J connectivity index is 3.50. The molecule has 0 aromatic carbocycles. The van der Waals surface area contributed by atoms with Crippen LogP contribution in [0.2, 0.25) is 0 Å². The maximum atomic E-state index is 10.8. The van der Waals surface area contributed by atoms with Crippen molar-refractivity contribution in [1.29, 1.82) is 0 Å². The highest BCUT2D eigenvalue weighted by atomic mass is 16.6. The summed E-state index contributed by atoms with van der Waals surface area (Å²) < 4.78 is 10.0. The Bertz CT molecular complexity index is 213. The summed E-state index contributed by atoms with van der Waals surface area (Å²) in [5.41, 5.74) is -0.231. The van der Waals surface area contributed by atoms with Crippen molar-refractivity contribution in [2.24, 2.45) is 0 Å². The van der Waals surface area contributed by atoms with Gasteiger partial charge in [-0.3, -0.25) is 4.79 Å². The summed E-state index contributed by atoms with van der Waals surface area (Å²) in [6, 6.07) is 0. The van der Waals surface area contributed by atoms with Gasteiger partial charge in [0.2, 0.25) is 0 Å². The Morgan fingerprint density at radius 2 is 1.93 bits per heavy atom. The first-order chi connectivity index (χ1) is 6.45. The van der Waals surface area contributed by atoms with Gasteiger partial charge in [-0.25, -0.2) is 4.79 Å². The SMILES string of the molecule is CC(C)(C)OCCOC(=O)/C=C/C=O. The molecule has 0 saturated heterocycles. The molecule has 0 fully saturated rings. The molecule has 0 unspecified atom stereocenters. The summed E-state index contributed by atoms with van der Waals surface area (Å²) in [5, 5.41) is 0. The molecule has 0 radical (unpaired) electrons. The summed E-state index contributed by atoms with van der Waals surface area (Å²) in [7, 11) is 0. The molecule has 14 heavy (non-hydrogen) atoms. The zero-order valence-corrected chi connectivity index (χ0v) is 8.78. The lowest BCUT2D eigenvalue weighted by Gasteiger charge is -2.18. The third-order valence-electron chi connectivity index (χ3n) is 1.17. The first-order valence-electron chi connectivity index (χ1n) is 4.38. The molecule has 0 rings (SSSR count). The number of carbonyl (C=O) groups is 2. The predicted molar refractivity (Wildman–Crippen MR) is 51.9 cm³/mol. The van der Waals surface area contributed by atoms with Gasteiger partial charge in [0.25, 0.3) is 0 Å². The van der Waals surface area contributed by atoms with E-state index >= 15 is 0 Å². The van der Waals surface area contributed by atoms with Crippen molar-refractivity contribution in [2.75, 3.05) is 13.2 Å². The molecule has 0 bridgehead atoms. The molecule has 0 aliphatic rings. The van der Waals surface area contributed by atoms with Crippen LogP contribution in [0.4, 0.5) is 0 Å². The second kappa shape index (κ2) is 6.32. The van der Waals surface area contributed by atoms with Crippen molar-refractivity contribution < 1.29 is 19.1 Å². The fourth-order valence-electron chi connectivity index (χ4n) is 0.656. The molecular formula is C10H16O4. The number of allylic oxidation sites excluding steroid dienone is 1. The average Bonchev–Trinajstić information content (AvgIpc) is 2.07. The predicted octanol–water partition coefficient (Wildman–Crippen LogP) is 1.10. The van der Waals surface area contributed by atoms with Crippen molar-refractivity contribution in [3.63, 3.8) is 0 Å². The summed E-state index contributed by atoms with van der Waals surface area (Å²) in [4.78, 5) is 20.7. The van der Waals surface area contributed by atoms with E-state index in [1.165, 1.54) is 0 Å². The summed E-state index contributed by atoms with van der Waals surface area (Å²) in [5.74, 6) is -0.533. The van der Waals surface area contributed by atoms with Crippen molar-refractivity contribution in [2.45, 2.75) is 26.4 Å². The third kappa shape index (κ3) is 8.93. The van der Waals surface area contributed by atoms with Gasteiger partial charge in [-0.2, -0.15) is 0 Å². The minimum absolute atomic E-state index is 0.194. The maximum Gasteiger partial charge on any atom is 0.330 e. The van der Waals surface area contributed by atoms with Crippen molar-refractivity contribution in [3.8, 4) is 0 Å². The van der Waals surface area contributed by atoms with Gasteiger partial charge in [-0.05, 0) is 26.8 Å². The monoisotopic (exact) mass is 200 g/mol. The zero-order valence-electron chi connectivity index (χ0n) is 8.78. The minimum Gasteiger partial charge on any atom is -0.460 e. The van der Waals surface area contributed by atoms with E-state index in [9.17, 15) is 9.59 Å². The fraction of sp³-hybridized carbons (Fsp3) is 0.600. The molecule has 0 saturated carbocycles. The topological polar surface area (TPSA) is 52.6 Å². The van der Waals surface area contributed by atoms with Gasteiger partial charge in [0, 0.05) is 6.08 Å². The number of ether oxygens (including phenoxy) is 2. The third-order valence-corrected chi connectivity index (χ3v) is 1.17. The lowest BCUT2D eigenvalue weighted by molar-refractivity contribution is -0.141. The molecule has 0 aliphatic carbocycles. The lowest BCUT2D eigenvalue weighted by Crippen LogP contribution is -2.22. The van der Waals surface area contributed by atoms with E-state index in [0.29, 0.717) is 12.9 Å². The minimum atomic E-state index is -0.533. The number of rotatable bonds is 5. The van der Waals surface area contributed by atoms with E-state index in [0.717, 1.165) is 12.2 Å². The Morgan fingerprint density at radius 1 is 1.29 bits per heavy atom. The normalized spacial score (nSPS) is 11.6. The summed E-state index contributed by atoms with van der Waals surface area (Å²) in [6.45, 7) is 6.30. The van der Waals surface area contributed by atoms with Crippen molar-refractivity contribution in [1.82, 2.24) is 0 Å². The van der Waals surface area contributed by atoms with E-state index in [-0.39, 0.29) is 12.2 Å². The van der Waals surface area contributed by atoms with Gasteiger partial charge < -0.3 is 9.47 Å². The fourth-order valence-corrected chi connectivity index (χ4v) is 0.656. The highest BCUT2D eigenvalue weighted by molar-refractivity contribution is 5.86.